The number of anilines is 1. The van der Waals surface area contributed by atoms with E-state index < -0.39 is 12.1 Å². The number of halogens is 1. The van der Waals surface area contributed by atoms with Crippen LogP contribution < -0.4 is 10.6 Å². The quantitative estimate of drug-likeness (QED) is 0.711. The van der Waals surface area contributed by atoms with Crippen molar-refractivity contribution >= 4 is 11.6 Å². The summed E-state index contributed by atoms with van der Waals surface area (Å²) in [7, 11) is 0. The normalized spacial score (nSPS) is 20.4. The predicted molar refractivity (Wildman–Crippen MR) is 57.5 cm³/mol. The smallest absolute Gasteiger partial charge is 0.246 e. The van der Waals surface area contributed by atoms with Gasteiger partial charge in [-0.15, -0.1) is 0 Å². The molecule has 1 aliphatic heterocycles. The Balaban J connectivity index is 2.19. The summed E-state index contributed by atoms with van der Waals surface area (Å²) in [5, 5.41) is 14.6. The fraction of sp³-hybridized carbons (Fsp3) is 0.364. The Morgan fingerprint density at radius 2 is 2.38 bits per heavy atom. The van der Waals surface area contributed by atoms with Crippen LogP contribution in [0.1, 0.15) is 18.5 Å². The number of hydrogen-bond acceptors (Lipinski definition) is 3. The predicted octanol–water partition coefficient (Wildman–Crippen LogP) is 0.789. The van der Waals surface area contributed by atoms with E-state index in [1.54, 1.807) is 13.0 Å². The van der Waals surface area contributed by atoms with Gasteiger partial charge in [-0.1, -0.05) is 6.07 Å². The number of carbonyl (C=O) groups is 1. The van der Waals surface area contributed by atoms with Crippen molar-refractivity contribution < 1.29 is 14.3 Å². The average molecular weight is 224 g/mol. The van der Waals surface area contributed by atoms with Gasteiger partial charge >= 0.3 is 0 Å². The van der Waals surface area contributed by atoms with Gasteiger partial charge in [0.2, 0.25) is 5.91 Å². The third-order valence-electron chi connectivity index (χ3n) is 2.46. The van der Waals surface area contributed by atoms with Crippen molar-refractivity contribution in [2.24, 2.45) is 0 Å². The first kappa shape index (κ1) is 11.0. The van der Waals surface area contributed by atoms with Gasteiger partial charge < -0.3 is 10.4 Å². The molecule has 2 rings (SSSR count). The van der Waals surface area contributed by atoms with Crippen LogP contribution in [0.2, 0.25) is 0 Å². The van der Waals surface area contributed by atoms with E-state index in [9.17, 15) is 9.18 Å². The van der Waals surface area contributed by atoms with Crippen molar-refractivity contribution in [3.8, 4) is 0 Å². The molecule has 16 heavy (non-hydrogen) atoms. The third kappa shape index (κ3) is 2.05. The van der Waals surface area contributed by atoms with Crippen LogP contribution in [-0.4, -0.2) is 23.7 Å². The Labute approximate surface area is 92.5 Å². The van der Waals surface area contributed by atoms with E-state index in [0.29, 0.717) is 17.8 Å². The van der Waals surface area contributed by atoms with Gasteiger partial charge in [0.15, 0.2) is 0 Å². The number of amides is 1. The highest BCUT2D eigenvalue weighted by molar-refractivity contribution is 6.02. The van der Waals surface area contributed by atoms with Gasteiger partial charge in [0.05, 0.1) is 6.10 Å². The number of hydrogen-bond donors (Lipinski definition) is 3. The fourth-order valence-electron chi connectivity index (χ4n) is 1.73. The standard InChI is InChI=1S/C11H13FN2O2/c1-6(15)5-13-10-8-3-2-7(12)4-9(8)14-11(10)16/h2-4,6,10,13,15H,5H2,1H3,(H,14,16). The minimum Gasteiger partial charge on any atom is -0.392 e. The molecular formula is C11H13FN2O2. The lowest BCUT2D eigenvalue weighted by atomic mass is 10.1. The molecule has 0 aromatic heterocycles. The molecule has 1 aromatic carbocycles. The number of nitrogens with one attached hydrogen (secondary N) is 2. The molecule has 1 heterocycles. The highest BCUT2D eigenvalue weighted by Crippen LogP contribution is 2.30. The van der Waals surface area contributed by atoms with Crippen LogP contribution in [0.25, 0.3) is 0 Å². The molecule has 86 valence electrons. The maximum atomic E-state index is 12.9. The molecule has 0 radical (unpaired) electrons. The van der Waals surface area contributed by atoms with Gasteiger partial charge in [0, 0.05) is 17.8 Å². The topological polar surface area (TPSA) is 61.4 Å². The molecule has 4 nitrogen and oxygen atoms in total. The lowest BCUT2D eigenvalue weighted by Crippen LogP contribution is -2.32. The van der Waals surface area contributed by atoms with Gasteiger partial charge in [-0.05, 0) is 19.1 Å². The van der Waals surface area contributed by atoms with E-state index in [2.05, 4.69) is 10.6 Å². The average Bonchev–Trinajstić information content (AvgIpc) is 2.50. The molecule has 3 N–H and O–H groups in total. The Morgan fingerprint density at radius 1 is 1.62 bits per heavy atom. The molecule has 0 spiro atoms. The molecule has 1 aliphatic rings. The maximum Gasteiger partial charge on any atom is 0.246 e. The third-order valence-corrected chi connectivity index (χ3v) is 2.46. The molecule has 1 amide bonds. The summed E-state index contributed by atoms with van der Waals surface area (Å²) in [4.78, 5) is 11.6. The minimum atomic E-state index is -0.530. The summed E-state index contributed by atoms with van der Waals surface area (Å²) >= 11 is 0. The number of benzene rings is 1. The molecule has 5 heteroatoms. The second-order valence-electron chi connectivity index (χ2n) is 3.91. The van der Waals surface area contributed by atoms with E-state index in [4.69, 9.17) is 5.11 Å². The molecule has 2 atom stereocenters. The number of aliphatic hydroxyl groups is 1. The van der Waals surface area contributed by atoms with Gasteiger partial charge in [0.25, 0.3) is 0 Å². The van der Waals surface area contributed by atoms with Crippen molar-refractivity contribution in [1.82, 2.24) is 5.32 Å². The van der Waals surface area contributed by atoms with Gasteiger partial charge in [-0.3, -0.25) is 10.1 Å². The molecule has 0 saturated carbocycles. The van der Waals surface area contributed by atoms with Crippen LogP contribution in [0.5, 0.6) is 0 Å². The van der Waals surface area contributed by atoms with Crippen molar-refractivity contribution in [3.63, 3.8) is 0 Å². The SMILES string of the molecule is CC(O)CNC1C(=O)Nc2cc(F)ccc21. The first-order chi connectivity index (χ1) is 7.58. The number of rotatable bonds is 3. The lowest BCUT2D eigenvalue weighted by Gasteiger charge is -2.12. The van der Waals surface area contributed by atoms with Gasteiger partial charge in [-0.2, -0.15) is 0 Å². The van der Waals surface area contributed by atoms with E-state index in [0.717, 1.165) is 0 Å². The summed E-state index contributed by atoms with van der Waals surface area (Å²) in [6.45, 7) is 1.94. The fourth-order valence-corrected chi connectivity index (χ4v) is 1.73. The van der Waals surface area contributed by atoms with Crippen LogP contribution in [0.3, 0.4) is 0 Å². The van der Waals surface area contributed by atoms with Crippen LogP contribution in [0, 0.1) is 5.82 Å². The molecule has 0 saturated heterocycles. The van der Waals surface area contributed by atoms with Gasteiger partial charge in [0.1, 0.15) is 11.9 Å². The zero-order valence-corrected chi connectivity index (χ0v) is 8.83. The van der Waals surface area contributed by atoms with Crippen molar-refractivity contribution in [2.45, 2.75) is 19.1 Å². The molecular weight excluding hydrogens is 211 g/mol. The monoisotopic (exact) mass is 224 g/mol. The van der Waals surface area contributed by atoms with Crippen LogP contribution in [-0.2, 0) is 4.79 Å². The Bertz CT molecular complexity index is 420. The zero-order valence-electron chi connectivity index (χ0n) is 8.83. The second-order valence-corrected chi connectivity index (χ2v) is 3.91. The van der Waals surface area contributed by atoms with Crippen molar-refractivity contribution in [1.29, 1.82) is 0 Å². The zero-order chi connectivity index (χ0) is 11.7. The lowest BCUT2D eigenvalue weighted by molar-refractivity contribution is -0.117. The van der Waals surface area contributed by atoms with E-state index in [-0.39, 0.29) is 11.7 Å². The van der Waals surface area contributed by atoms with Crippen molar-refractivity contribution in [3.05, 3.63) is 29.6 Å². The molecule has 2 unspecified atom stereocenters. The number of carbonyl (C=O) groups excluding carboxylic acids is 1. The first-order valence-electron chi connectivity index (χ1n) is 5.09. The molecule has 1 aromatic rings. The summed E-state index contributed by atoms with van der Waals surface area (Å²) < 4.78 is 12.9. The van der Waals surface area contributed by atoms with Crippen LogP contribution in [0.4, 0.5) is 10.1 Å². The number of aliphatic hydroxyl groups excluding tert-OH is 1. The first-order valence-corrected chi connectivity index (χ1v) is 5.09. The molecule has 0 aliphatic carbocycles. The highest BCUT2D eigenvalue weighted by atomic mass is 19.1. The Hall–Kier alpha value is -1.46. The maximum absolute atomic E-state index is 12.9. The summed E-state index contributed by atoms with van der Waals surface area (Å²) in [5.41, 5.74) is 1.21. The van der Waals surface area contributed by atoms with Crippen LogP contribution in [0.15, 0.2) is 18.2 Å². The number of fused-ring (bicyclic) bond motifs is 1. The summed E-state index contributed by atoms with van der Waals surface area (Å²) in [5.74, 6) is -0.600. The molecule has 0 bridgehead atoms. The van der Waals surface area contributed by atoms with E-state index in [1.807, 2.05) is 0 Å². The van der Waals surface area contributed by atoms with Crippen LogP contribution >= 0.6 is 0 Å². The summed E-state index contributed by atoms with van der Waals surface area (Å²) in [6, 6.07) is 3.67. The highest BCUT2D eigenvalue weighted by Gasteiger charge is 2.30. The van der Waals surface area contributed by atoms with E-state index >= 15 is 0 Å². The minimum absolute atomic E-state index is 0.221. The second kappa shape index (κ2) is 4.19. The Kier molecular flexibility index (Phi) is 2.89. The van der Waals surface area contributed by atoms with E-state index in [1.165, 1.54) is 12.1 Å². The van der Waals surface area contributed by atoms with Gasteiger partial charge in [-0.25, -0.2) is 4.39 Å². The molecule has 0 fully saturated rings. The Morgan fingerprint density at radius 3 is 3.06 bits per heavy atom. The largest absolute Gasteiger partial charge is 0.392 e. The van der Waals surface area contributed by atoms with Crippen molar-refractivity contribution in [2.75, 3.05) is 11.9 Å². The summed E-state index contributed by atoms with van der Waals surface area (Å²) in [6.07, 6.45) is -0.530.